The normalized spacial score (nSPS) is 14.5. The second-order valence-corrected chi connectivity index (χ2v) is 2.99. The third-order valence-corrected chi connectivity index (χ3v) is 1.60. The van der Waals surface area contributed by atoms with Crippen LogP contribution in [-0.4, -0.2) is 12.8 Å². The van der Waals surface area contributed by atoms with E-state index in [0.29, 0.717) is 0 Å². The number of halogens is 1. The molecule has 0 bridgehead atoms. The molecule has 0 saturated carbocycles. The second-order valence-electron chi connectivity index (χ2n) is 1.33. The zero-order valence-corrected chi connectivity index (χ0v) is 5.13. The molecule has 0 radical (unpaired) electrons. The fraction of sp³-hybridized carbons (Fsp3) is 1.00. The highest BCUT2D eigenvalue weighted by atomic mass is 31.2. The van der Waals surface area contributed by atoms with Gasteiger partial charge in [-0.1, -0.05) is 6.92 Å². The molecular weight excluding hydrogens is 98.0 g/mol. The maximum absolute atomic E-state index is 11.8. The molecule has 0 saturated heterocycles. The van der Waals surface area contributed by atoms with E-state index in [1.54, 1.807) is 6.66 Å². The molecule has 0 aromatic carbocycles. The lowest BCUT2D eigenvalue weighted by molar-refractivity contribution is 0.880. The van der Waals surface area contributed by atoms with E-state index in [1.807, 2.05) is 6.92 Å². The molecule has 0 aliphatic carbocycles. The van der Waals surface area contributed by atoms with Crippen LogP contribution in [0.25, 0.3) is 0 Å². The van der Waals surface area contributed by atoms with Crippen molar-refractivity contribution >= 4 is 8.23 Å². The summed E-state index contributed by atoms with van der Waals surface area (Å²) < 4.78 is 11.8. The first-order chi connectivity index (χ1) is 2.77. The average Bonchev–Trinajstić information content (AvgIpc) is 1.35. The predicted molar refractivity (Wildman–Crippen MR) is 29.1 cm³/mol. The topological polar surface area (TPSA) is 0 Å². The van der Waals surface area contributed by atoms with E-state index in [0.717, 1.165) is 12.6 Å². The number of hydrogen-bond donors (Lipinski definition) is 0. The van der Waals surface area contributed by atoms with Gasteiger partial charge in [0, 0.05) is 0 Å². The summed E-state index contributed by atoms with van der Waals surface area (Å²) in [6.07, 6.45) is 1.76. The van der Waals surface area contributed by atoms with Crippen molar-refractivity contribution in [2.24, 2.45) is 0 Å². The van der Waals surface area contributed by atoms with Crippen molar-refractivity contribution in [1.82, 2.24) is 0 Å². The Hall–Kier alpha value is 0.360. The van der Waals surface area contributed by atoms with Crippen molar-refractivity contribution in [3.05, 3.63) is 0 Å². The Morgan fingerprint density at radius 2 is 2.17 bits per heavy atom. The minimum Gasteiger partial charge on any atom is -0.227 e. The Labute approximate surface area is 39.6 Å². The lowest BCUT2D eigenvalue weighted by Gasteiger charge is -1.91. The standard InChI is InChI=1S/C4H10FP/c1-3-4-6(2)5/h3-4H2,1-2H3. The van der Waals surface area contributed by atoms with Crippen LogP contribution >= 0.6 is 8.23 Å². The molecule has 6 heavy (non-hydrogen) atoms. The van der Waals surface area contributed by atoms with Crippen LogP contribution in [0.3, 0.4) is 0 Å². The highest BCUT2D eigenvalue weighted by Gasteiger charge is 1.90. The van der Waals surface area contributed by atoms with E-state index >= 15 is 0 Å². The molecule has 0 aliphatic heterocycles. The third-order valence-electron chi connectivity index (χ3n) is 0.532. The zero-order chi connectivity index (χ0) is 4.99. The van der Waals surface area contributed by atoms with Crippen LogP contribution in [0.4, 0.5) is 4.20 Å². The van der Waals surface area contributed by atoms with Crippen molar-refractivity contribution in [1.29, 1.82) is 0 Å². The zero-order valence-electron chi connectivity index (χ0n) is 4.24. The van der Waals surface area contributed by atoms with Gasteiger partial charge in [0.2, 0.25) is 0 Å². The maximum atomic E-state index is 11.8. The molecule has 1 atom stereocenters. The first kappa shape index (κ1) is 6.36. The van der Waals surface area contributed by atoms with Gasteiger partial charge in [0.25, 0.3) is 0 Å². The van der Waals surface area contributed by atoms with Gasteiger partial charge in [-0.15, -0.1) is 0 Å². The van der Waals surface area contributed by atoms with Crippen LogP contribution in [0.15, 0.2) is 0 Å². The Morgan fingerprint density at radius 3 is 2.17 bits per heavy atom. The van der Waals surface area contributed by atoms with Gasteiger partial charge >= 0.3 is 0 Å². The number of hydrogen-bond acceptors (Lipinski definition) is 0. The van der Waals surface area contributed by atoms with E-state index in [-0.39, 0.29) is 0 Å². The summed E-state index contributed by atoms with van der Waals surface area (Å²) >= 11 is 0. The largest absolute Gasteiger partial charge is 0.227 e. The molecule has 38 valence electrons. The summed E-state index contributed by atoms with van der Waals surface area (Å²) in [7, 11) is -1.10. The molecule has 0 amide bonds. The van der Waals surface area contributed by atoms with Gasteiger partial charge in [0.15, 0.2) is 0 Å². The van der Waals surface area contributed by atoms with Gasteiger partial charge in [-0.05, 0) is 19.2 Å². The third kappa shape index (κ3) is 4.36. The molecule has 0 heterocycles. The summed E-state index contributed by atoms with van der Waals surface area (Å²) in [4.78, 5) is 0. The first-order valence-electron chi connectivity index (χ1n) is 2.14. The van der Waals surface area contributed by atoms with Crippen molar-refractivity contribution in [3.63, 3.8) is 0 Å². The molecule has 0 N–H and O–H groups in total. The van der Waals surface area contributed by atoms with Crippen LogP contribution in [-0.2, 0) is 0 Å². The van der Waals surface area contributed by atoms with Crippen molar-refractivity contribution in [2.75, 3.05) is 12.8 Å². The molecule has 0 fully saturated rings. The average molecular weight is 108 g/mol. The SMILES string of the molecule is CCCP(C)F. The highest BCUT2D eigenvalue weighted by Crippen LogP contribution is 2.31. The van der Waals surface area contributed by atoms with Gasteiger partial charge < -0.3 is 0 Å². The Morgan fingerprint density at radius 1 is 1.67 bits per heavy atom. The summed E-state index contributed by atoms with van der Waals surface area (Å²) in [5, 5.41) is 0. The molecule has 0 nitrogen and oxygen atoms in total. The maximum Gasteiger partial charge on any atom is 0.0781 e. The van der Waals surface area contributed by atoms with E-state index in [9.17, 15) is 4.20 Å². The van der Waals surface area contributed by atoms with Gasteiger partial charge in [0.05, 0.1) is 8.23 Å². The lowest BCUT2D eigenvalue weighted by Crippen LogP contribution is -1.69. The minimum atomic E-state index is -1.10. The molecule has 0 aliphatic rings. The monoisotopic (exact) mass is 108 g/mol. The number of rotatable bonds is 2. The van der Waals surface area contributed by atoms with Crippen molar-refractivity contribution < 1.29 is 4.20 Å². The van der Waals surface area contributed by atoms with Gasteiger partial charge in [-0.25, -0.2) is 4.20 Å². The lowest BCUT2D eigenvalue weighted by atomic mass is 10.6. The van der Waals surface area contributed by atoms with E-state index < -0.39 is 8.23 Å². The Balaban J connectivity index is 2.63. The minimum absolute atomic E-state index is 0.773. The summed E-state index contributed by atoms with van der Waals surface area (Å²) in [5.41, 5.74) is 0. The van der Waals surface area contributed by atoms with Gasteiger partial charge in [0.1, 0.15) is 0 Å². The van der Waals surface area contributed by atoms with Crippen LogP contribution < -0.4 is 0 Å². The van der Waals surface area contributed by atoms with Crippen LogP contribution in [0.2, 0.25) is 0 Å². The molecule has 0 rings (SSSR count). The van der Waals surface area contributed by atoms with Crippen molar-refractivity contribution in [2.45, 2.75) is 13.3 Å². The van der Waals surface area contributed by atoms with Crippen LogP contribution in [0.1, 0.15) is 13.3 Å². The molecule has 0 aromatic rings. The predicted octanol–water partition coefficient (Wildman–Crippen LogP) is 2.39. The van der Waals surface area contributed by atoms with Crippen LogP contribution in [0.5, 0.6) is 0 Å². The molecule has 2 heteroatoms. The summed E-state index contributed by atoms with van der Waals surface area (Å²) in [6.45, 7) is 3.65. The molecule has 0 spiro atoms. The van der Waals surface area contributed by atoms with E-state index in [4.69, 9.17) is 0 Å². The Bertz CT molecular complexity index is 28.7. The molecule has 1 unspecified atom stereocenters. The van der Waals surface area contributed by atoms with Crippen molar-refractivity contribution in [3.8, 4) is 0 Å². The summed E-state index contributed by atoms with van der Waals surface area (Å²) in [5.74, 6) is 0. The Kier molecular flexibility index (Phi) is 3.76. The first-order valence-corrected chi connectivity index (χ1v) is 4.00. The fourth-order valence-electron chi connectivity index (χ4n) is 0.308. The summed E-state index contributed by atoms with van der Waals surface area (Å²) in [6, 6.07) is 0. The van der Waals surface area contributed by atoms with Gasteiger partial charge in [-0.2, -0.15) is 0 Å². The highest BCUT2D eigenvalue weighted by molar-refractivity contribution is 7.51. The molecule has 0 aromatic heterocycles. The van der Waals surface area contributed by atoms with Crippen LogP contribution in [0, 0.1) is 0 Å². The fourth-order valence-corrected chi connectivity index (χ4v) is 0.924. The second kappa shape index (κ2) is 3.55. The molecular formula is C4H10FP. The quantitative estimate of drug-likeness (QED) is 0.476. The van der Waals surface area contributed by atoms with Gasteiger partial charge in [-0.3, -0.25) is 0 Å². The smallest absolute Gasteiger partial charge is 0.0781 e. The van der Waals surface area contributed by atoms with E-state index in [2.05, 4.69) is 0 Å². The van der Waals surface area contributed by atoms with E-state index in [1.165, 1.54) is 0 Å².